The largest absolute Gasteiger partial charge is 0.357 e. The molecule has 2 aliphatic rings. The number of hydrogen-bond donors (Lipinski definition) is 2. The summed E-state index contributed by atoms with van der Waals surface area (Å²) in [7, 11) is 0. The van der Waals surface area contributed by atoms with Crippen LogP contribution < -0.4 is 10.6 Å². The van der Waals surface area contributed by atoms with Crippen LogP contribution in [0, 0.1) is 5.41 Å². The van der Waals surface area contributed by atoms with Gasteiger partial charge < -0.3 is 15.5 Å². The fourth-order valence-electron chi connectivity index (χ4n) is 4.05. The topological polar surface area (TPSA) is 56.7 Å². The first-order valence-corrected chi connectivity index (χ1v) is 10.5. The van der Waals surface area contributed by atoms with Crippen LogP contribution in [0.5, 0.6) is 0 Å². The van der Waals surface area contributed by atoms with Crippen LogP contribution in [0.1, 0.15) is 63.5 Å². The minimum absolute atomic E-state index is 0.272. The van der Waals surface area contributed by atoms with Gasteiger partial charge in [0, 0.05) is 32.6 Å². The van der Waals surface area contributed by atoms with Crippen molar-refractivity contribution in [2.75, 3.05) is 19.6 Å². The summed E-state index contributed by atoms with van der Waals surface area (Å²) in [5, 5.41) is 6.93. The molecule has 1 amide bonds. The number of nitrogens with zero attached hydrogens (tertiary/aromatic N) is 2. The van der Waals surface area contributed by atoms with Gasteiger partial charge in [0.15, 0.2) is 5.96 Å². The van der Waals surface area contributed by atoms with E-state index in [1.165, 1.54) is 36.8 Å². The Labute approximate surface area is 163 Å². The number of carbonyl (C=O) groups is 1. The van der Waals surface area contributed by atoms with Gasteiger partial charge in [-0.3, -0.25) is 4.79 Å². The molecule has 0 spiro atoms. The first-order chi connectivity index (χ1) is 13.2. The molecule has 0 radical (unpaired) electrons. The molecule has 5 heteroatoms. The lowest BCUT2D eigenvalue weighted by Gasteiger charge is -2.41. The number of amides is 1. The number of benzene rings is 1. The third kappa shape index (κ3) is 5.02. The third-order valence-electron chi connectivity index (χ3n) is 6.20. The lowest BCUT2D eigenvalue weighted by atomic mass is 9.67. The summed E-state index contributed by atoms with van der Waals surface area (Å²) >= 11 is 0. The molecule has 0 unspecified atom stereocenters. The van der Waals surface area contributed by atoms with Crippen molar-refractivity contribution in [3.63, 3.8) is 0 Å². The normalized spacial score (nSPS) is 19.1. The lowest BCUT2D eigenvalue weighted by Crippen LogP contribution is -2.46. The standard InChI is InChI=1S/C22H34N4O/c1-3-22(12-8-13-22)17-25-21(23-4-2)24-15-18-9-5-6-10-19(18)16-26-14-7-11-20(26)27/h5-6,9-10H,3-4,7-8,11-17H2,1-2H3,(H2,23,24,25). The van der Waals surface area contributed by atoms with Crippen molar-refractivity contribution in [3.05, 3.63) is 35.4 Å². The second kappa shape index (κ2) is 9.25. The molecule has 2 fully saturated rings. The summed E-state index contributed by atoms with van der Waals surface area (Å²) in [6.07, 6.45) is 6.89. The minimum Gasteiger partial charge on any atom is -0.357 e. The first-order valence-electron chi connectivity index (χ1n) is 10.5. The molecule has 1 aromatic rings. The molecule has 5 nitrogen and oxygen atoms in total. The second-order valence-corrected chi connectivity index (χ2v) is 7.94. The van der Waals surface area contributed by atoms with E-state index in [1.54, 1.807) is 0 Å². The Morgan fingerprint density at radius 3 is 2.52 bits per heavy atom. The minimum atomic E-state index is 0.272. The third-order valence-corrected chi connectivity index (χ3v) is 6.20. The van der Waals surface area contributed by atoms with E-state index in [-0.39, 0.29) is 5.91 Å². The van der Waals surface area contributed by atoms with Crippen molar-refractivity contribution in [1.29, 1.82) is 0 Å². The Morgan fingerprint density at radius 2 is 1.93 bits per heavy atom. The van der Waals surface area contributed by atoms with Crippen LogP contribution in [-0.2, 0) is 17.9 Å². The summed E-state index contributed by atoms with van der Waals surface area (Å²) in [5.74, 6) is 1.16. The fourth-order valence-corrected chi connectivity index (χ4v) is 4.05. The van der Waals surface area contributed by atoms with E-state index in [0.717, 1.165) is 32.0 Å². The smallest absolute Gasteiger partial charge is 0.222 e. The molecule has 1 aromatic carbocycles. The van der Waals surface area contributed by atoms with E-state index >= 15 is 0 Å². The second-order valence-electron chi connectivity index (χ2n) is 7.94. The van der Waals surface area contributed by atoms with Gasteiger partial charge in [0.2, 0.25) is 5.91 Å². The maximum Gasteiger partial charge on any atom is 0.222 e. The molecule has 2 N–H and O–H groups in total. The number of guanidine groups is 1. The highest BCUT2D eigenvalue weighted by Gasteiger charge is 2.34. The summed E-state index contributed by atoms with van der Waals surface area (Å²) < 4.78 is 0. The van der Waals surface area contributed by atoms with E-state index in [4.69, 9.17) is 4.99 Å². The Hall–Kier alpha value is -2.04. The van der Waals surface area contributed by atoms with Crippen molar-refractivity contribution < 1.29 is 4.79 Å². The van der Waals surface area contributed by atoms with Crippen LogP contribution in [0.25, 0.3) is 0 Å². The number of carbonyl (C=O) groups excluding carboxylic acids is 1. The number of hydrogen-bond acceptors (Lipinski definition) is 2. The molecule has 0 bridgehead atoms. The van der Waals surface area contributed by atoms with E-state index in [9.17, 15) is 4.79 Å². The van der Waals surface area contributed by atoms with Gasteiger partial charge in [-0.1, -0.05) is 37.6 Å². The number of aliphatic imine (C=N–C) groups is 1. The van der Waals surface area contributed by atoms with Gasteiger partial charge in [-0.25, -0.2) is 4.99 Å². The van der Waals surface area contributed by atoms with Gasteiger partial charge in [-0.2, -0.15) is 0 Å². The lowest BCUT2D eigenvalue weighted by molar-refractivity contribution is -0.128. The van der Waals surface area contributed by atoms with Crippen LogP contribution >= 0.6 is 0 Å². The highest BCUT2D eigenvalue weighted by Crippen LogP contribution is 2.42. The van der Waals surface area contributed by atoms with Gasteiger partial charge in [0.1, 0.15) is 0 Å². The van der Waals surface area contributed by atoms with Gasteiger partial charge in [-0.05, 0) is 49.1 Å². The van der Waals surface area contributed by atoms with E-state index in [1.807, 2.05) is 11.0 Å². The van der Waals surface area contributed by atoms with Gasteiger partial charge >= 0.3 is 0 Å². The monoisotopic (exact) mass is 370 g/mol. The molecule has 1 saturated carbocycles. The Balaban J connectivity index is 1.64. The molecule has 1 aliphatic carbocycles. The number of rotatable bonds is 8. The zero-order valence-electron chi connectivity index (χ0n) is 16.9. The molecular weight excluding hydrogens is 336 g/mol. The van der Waals surface area contributed by atoms with Crippen LogP contribution in [0.15, 0.2) is 29.3 Å². The SMILES string of the molecule is CCNC(=NCc1ccccc1CN1CCCC1=O)NCC1(CC)CCC1. The fraction of sp³-hybridized carbons (Fsp3) is 0.636. The highest BCUT2D eigenvalue weighted by molar-refractivity contribution is 5.80. The van der Waals surface area contributed by atoms with Gasteiger partial charge in [0.05, 0.1) is 6.54 Å². The molecule has 0 atom stereocenters. The Bertz CT molecular complexity index is 661. The molecule has 3 rings (SSSR count). The maximum absolute atomic E-state index is 12.0. The van der Waals surface area contributed by atoms with Crippen LogP contribution in [-0.4, -0.2) is 36.4 Å². The van der Waals surface area contributed by atoms with Crippen LogP contribution in [0.2, 0.25) is 0 Å². The molecule has 148 valence electrons. The quantitative estimate of drug-likeness (QED) is 0.544. The molecule has 0 aromatic heterocycles. The Morgan fingerprint density at radius 1 is 1.15 bits per heavy atom. The maximum atomic E-state index is 12.0. The summed E-state index contributed by atoms with van der Waals surface area (Å²) in [5.41, 5.74) is 2.86. The van der Waals surface area contributed by atoms with E-state index < -0.39 is 0 Å². The van der Waals surface area contributed by atoms with Crippen LogP contribution in [0.4, 0.5) is 0 Å². The summed E-state index contributed by atoms with van der Waals surface area (Å²) in [6, 6.07) is 8.36. The van der Waals surface area contributed by atoms with Crippen molar-refractivity contribution in [3.8, 4) is 0 Å². The highest BCUT2D eigenvalue weighted by atomic mass is 16.2. The molecule has 27 heavy (non-hydrogen) atoms. The zero-order valence-corrected chi connectivity index (χ0v) is 16.9. The molecule has 1 heterocycles. The first kappa shape index (κ1) is 19.7. The predicted molar refractivity (Wildman–Crippen MR) is 110 cm³/mol. The average molecular weight is 371 g/mol. The van der Waals surface area contributed by atoms with E-state index in [2.05, 4.69) is 42.7 Å². The van der Waals surface area contributed by atoms with Crippen molar-refractivity contribution >= 4 is 11.9 Å². The van der Waals surface area contributed by atoms with Crippen molar-refractivity contribution in [2.24, 2.45) is 10.4 Å². The average Bonchev–Trinajstić information content (AvgIpc) is 3.05. The van der Waals surface area contributed by atoms with Crippen molar-refractivity contribution in [2.45, 2.75) is 65.5 Å². The van der Waals surface area contributed by atoms with Gasteiger partial charge in [-0.15, -0.1) is 0 Å². The molecule has 1 saturated heterocycles. The summed E-state index contributed by atoms with van der Waals surface area (Å²) in [6.45, 7) is 8.46. The van der Waals surface area contributed by atoms with Gasteiger partial charge in [0.25, 0.3) is 0 Å². The molecule has 1 aliphatic heterocycles. The summed E-state index contributed by atoms with van der Waals surface area (Å²) in [4.78, 5) is 18.8. The number of likely N-dealkylation sites (tertiary alicyclic amines) is 1. The van der Waals surface area contributed by atoms with E-state index in [0.29, 0.717) is 24.9 Å². The Kier molecular flexibility index (Phi) is 6.75. The zero-order chi connectivity index (χ0) is 19.1. The predicted octanol–water partition coefficient (Wildman–Crippen LogP) is 3.44. The van der Waals surface area contributed by atoms with Crippen LogP contribution in [0.3, 0.4) is 0 Å². The molecular formula is C22H34N4O. The van der Waals surface area contributed by atoms with Crippen molar-refractivity contribution in [1.82, 2.24) is 15.5 Å². The number of nitrogens with one attached hydrogen (secondary N) is 2.